The van der Waals surface area contributed by atoms with Crippen molar-refractivity contribution in [2.75, 3.05) is 13.7 Å². The molecule has 0 radical (unpaired) electrons. The first-order valence-corrected chi connectivity index (χ1v) is 9.03. The molecule has 0 aromatic carbocycles. The summed E-state index contributed by atoms with van der Waals surface area (Å²) >= 11 is 1.72. The van der Waals surface area contributed by atoms with Crippen LogP contribution in [0.1, 0.15) is 35.7 Å². The molecule has 0 amide bonds. The number of aliphatic imine (C=N–C) groups is 1. The van der Waals surface area contributed by atoms with Gasteiger partial charge in [-0.15, -0.1) is 11.3 Å². The summed E-state index contributed by atoms with van der Waals surface area (Å²) in [6, 6.07) is 3.92. The molecule has 2 rings (SSSR count). The smallest absolute Gasteiger partial charge is 0.218 e. The van der Waals surface area contributed by atoms with Crippen LogP contribution in [0.15, 0.2) is 29.5 Å². The van der Waals surface area contributed by atoms with Crippen molar-refractivity contribution in [3.63, 3.8) is 0 Å². The maximum Gasteiger partial charge on any atom is 0.218 e. The number of aromatic nitrogens is 2. The van der Waals surface area contributed by atoms with E-state index in [2.05, 4.69) is 39.4 Å². The molecule has 0 aliphatic rings. The van der Waals surface area contributed by atoms with E-state index in [-0.39, 0.29) is 0 Å². The van der Waals surface area contributed by atoms with E-state index in [4.69, 9.17) is 4.74 Å². The fraction of sp³-hybridized carbons (Fsp3) is 0.471. The van der Waals surface area contributed by atoms with Crippen LogP contribution < -0.4 is 15.4 Å². The van der Waals surface area contributed by atoms with E-state index in [1.54, 1.807) is 24.6 Å². The Balaban J connectivity index is 1.87. The summed E-state index contributed by atoms with van der Waals surface area (Å²) in [6.07, 6.45) is 5.66. The summed E-state index contributed by atoms with van der Waals surface area (Å²) in [4.78, 5) is 14.2. The molecule has 2 aromatic rings. The summed E-state index contributed by atoms with van der Waals surface area (Å²) in [5, 5.41) is 7.63. The second-order valence-electron chi connectivity index (χ2n) is 5.17. The highest BCUT2D eigenvalue weighted by molar-refractivity contribution is 7.11. The molecule has 7 heteroatoms. The minimum absolute atomic E-state index is 0.602. The largest absolute Gasteiger partial charge is 0.477 e. The van der Waals surface area contributed by atoms with Crippen molar-refractivity contribution in [2.24, 2.45) is 4.99 Å². The van der Waals surface area contributed by atoms with Gasteiger partial charge in [0.15, 0.2) is 5.96 Å². The van der Waals surface area contributed by atoms with Gasteiger partial charge in [-0.3, -0.25) is 4.99 Å². The first-order chi connectivity index (χ1) is 11.8. The van der Waals surface area contributed by atoms with Crippen LogP contribution in [0.5, 0.6) is 5.88 Å². The first kappa shape index (κ1) is 18.2. The predicted molar refractivity (Wildman–Crippen MR) is 98.6 cm³/mol. The van der Waals surface area contributed by atoms with E-state index < -0.39 is 0 Å². The third kappa shape index (κ3) is 5.49. The van der Waals surface area contributed by atoms with E-state index >= 15 is 0 Å². The lowest BCUT2D eigenvalue weighted by atomic mass is 10.2. The van der Waals surface area contributed by atoms with Gasteiger partial charge in [0.1, 0.15) is 5.01 Å². The van der Waals surface area contributed by atoms with Gasteiger partial charge in [0.2, 0.25) is 5.88 Å². The van der Waals surface area contributed by atoms with E-state index in [0.29, 0.717) is 25.6 Å². The van der Waals surface area contributed by atoms with Crippen LogP contribution >= 0.6 is 11.3 Å². The number of guanidine groups is 1. The van der Waals surface area contributed by atoms with Crippen molar-refractivity contribution >= 4 is 17.3 Å². The zero-order chi connectivity index (χ0) is 17.2. The Labute approximate surface area is 147 Å². The van der Waals surface area contributed by atoms with Crippen LogP contribution in [0.25, 0.3) is 0 Å². The van der Waals surface area contributed by atoms with Gasteiger partial charge in [0, 0.05) is 36.4 Å². The Morgan fingerprint density at radius 3 is 2.79 bits per heavy atom. The van der Waals surface area contributed by atoms with Crippen molar-refractivity contribution in [2.45, 2.75) is 39.8 Å². The second-order valence-corrected chi connectivity index (χ2v) is 6.37. The topological polar surface area (TPSA) is 71.4 Å². The lowest BCUT2D eigenvalue weighted by Crippen LogP contribution is -2.36. The molecule has 130 valence electrons. The number of nitrogens with one attached hydrogen (secondary N) is 2. The van der Waals surface area contributed by atoms with Crippen LogP contribution in [0.2, 0.25) is 0 Å². The molecule has 0 unspecified atom stereocenters. The average Bonchev–Trinajstić information content (AvgIpc) is 3.09. The lowest BCUT2D eigenvalue weighted by Gasteiger charge is -2.13. The Morgan fingerprint density at radius 1 is 1.25 bits per heavy atom. The van der Waals surface area contributed by atoms with Crippen LogP contribution in [-0.4, -0.2) is 29.6 Å². The van der Waals surface area contributed by atoms with Gasteiger partial charge in [-0.2, -0.15) is 0 Å². The van der Waals surface area contributed by atoms with Crippen molar-refractivity contribution in [1.29, 1.82) is 0 Å². The van der Waals surface area contributed by atoms with Gasteiger partial charge in [0.05, 0.1) is 13.2 Å². The molecule has 0 bridgehead atoms. The Morgan fingerprint density at radius 2 is 2.08 bits per heavy atom. The molecule has 0 aliphatic heterocycles. The summed E-state index contributed by atoms with van der Waals surface area (Å²) in [6.45, 7) is 6.15. The summed E-state index contributed by atoms with van der Waals surface area (Å²) < 4.78 is 5.68. The Kier molecular flexibility index (Phi) is 7.48. The number of nitrogens with zero attached hydrogens (tertiary/aromatic N) is 3. The molecule has 0 spiro atoms. The van der Waals surface area contributed by atoms with Crippen LogP contribution in [0.3, 0.4) is 0 Å². The normalized spacial score (nSPS) is 11.4. The molecular weight excluding hydrogens is 322 g/mol. The third-order valence-corrected chi connectivity index (χ3v) is 4.46. The number of hydrogen-bond donors (Lipinski definition) is 2. The molecule has 24 heavy (non-hydrogen) atoms. The van der Waals surface area contributed by atoms with Gasteiger partial charge < -0.3 is 15.4 Å². The average molecular weight is 347 g/mol. The van der Waals surface area contributed by atoms with Crippen LogP contribution in [0.4, 0.5) is 0 Å². The highest BCUT2D eigenvalue weighted by atomic mass is 32.1. The number of aryl methyl sites for hydroxylation is 1. The van der Waals surface area contributed by atoms with Crippen LogP contribution in [-0.2, 0) is 19.5 Å². The molecule has 2 heterocycles. The van der Waals surface area contributed by atoms with Crippen molar-refractivity contribution < 1.29 is 4.74 Å². The maximum absolute atomic E-state index is 5.68. The Hall–Kier alpha value is -2.15. The maximum atomic E-state index is 5.68. The number of hydrogen-bond acceptors (Lipinski definition) is 5. The third-order valence-electron chi connectivity index (χ3n) is 3.32. The highest BCUT2D eigenvalue weighted by Crippen LogP contribution is 2.14. The number of thiazole rings is 1. The zero-order valence-corrected chi connectivity index (χ0v) is 15.3. The minimum Gasteiger partial charge on any atom is -0.477 e. The molecule has 0 atom stereocenters. The number of pyridine rings is 1. The molecular formula is C17H25N5OS. The minimum atomic E-state index is 0.602. The number of rotatable bonds is 8. The van der Waals surface area contributed by atoms with Gasteiger partial charge >= 0.3 is 0 Å². The van der Waals surface area contributed by atoms with E-state index in [1.807, 2.05) is 18.3 Å². The highest BCUT2D eigenvalue weighted by Gasteiger charge is 2.06. The predicted octanol–water partition coefficient (Wildman–Crippen LogP) is 2.75. The van der Waals surface area contributed by atoms with E-state index in [1.165, 1.54) is 4.88 Å². The standard InChI is InChI=1S/C17H25N5OS/c1-4-9-23-16-13(7-6-8-19-16)10-21-17(18-3)22-12-15-20-11-14(5-2)24-15/h6-8,11H,4-5,9-10,12H2,1-3H3,(H2,18,21,22). The molecule has 6 nitrogen and oxygen atoms in total. The fourth-order valence-corrected chi connectivity index (χ4v) is 2.84. The van der Waals surface area contributed by atoms with Gasteiger partial charge in [-0.05, 0) is 18.9 Å². The van der Waals surface area contributed by atoms with Crippen molar-refractivity contribution in [1.82, 2.24) is 20.6 Å². The fourth-order valence-electron chi connectivity index (χ4n) is 2.04. The van der Waals surface area contributed by atoms with E-state index in [0.717, 1.165) is 29.4 Å². The quantitative estimate of drug-likeness (QED) is 0.567. The number of ether oxygens (including phenoxy) is 1. The van der Waals surface area contributed by atoms with Crippen LogP contribution in [0, 0.1) is 0 Å². The summed E-state index contributed by atoms with van der Waals surface area (Å²) in [5.74, 6) is 1.41. The van der Waals surface area contributed by atoms with Gasteiger partial charge in [-0.1, -0.05) is 19.9 Å². The molecule has 2 N–H and O–H groups in total. The van der Waals surface area contributed by atoms with Gasteiger partial charge in [-0.25, -0.2) is 9.97 Å². The monoisotopic (exact) mass is 347 g/mol. The zero-order valence-electron chi connectivity index (χ0n) is 14.5. The van der Waals surface area contributed by atoms with E-state index in [9.17, 15) is 0 Å². The molecule has 2 aromatic heterocycles. The molecule has 0 fully saturated rings. The molecule has 0 aliphatic carbocycles. The lowest BCUT2D eigenvalue weighted by molar-refractivity contribution is 0.301. The summed E-state index contributed by atoms with van der Waals surface area (Å²) in [7, 11) is 1.76. The van der Waals surface area contributed by atoms with Crippen molar-refractivity contribution in [3.8, 4) is 5.88 Å². The van der Waals surface area contributed by atoms with Gasteiger partial charge in [0.25, 0.3) is 0 Å². The Bertz CT molecular complexity index is 656. The molecule has 0 saturated heterocycles. The summed E-state index contributed by atoms with van der Waals surface area (Å²) in [5.41, 5.74) is 1.01. The SMILES string of the molecule is CCCOc1ncccc1CNC(=NC)NCc1ncc(CC)s1. The first-order valence-electron chi connectivity index (χ1n) is 8.21. The van der Waals surface area contributed by atoms with Crippen molar-refractivity contribution in [3.05, 3.63) is 40.0 Å². The second kappa shape index (κ2) is 9.87. The molecule has 0 saturated carbocycles.